The Labute approximate surface area is 163 Å². The molecule has 5 heteroatoms. The fourth-order valence-electron chi connectivity index (χ4n) is 2.61. The molecule has 4 nitrogen and oxygen atoms in total. The largest absolute Gasteiger partial charge is 0.493 e. The SMILES string of the molecule is COc1cc(C(=O)Nc2ccccc2C)ccc1OCc1ccccc1Cl. The predicted octanol–water partition coefficient (Wildman–Crippen LogP) is 5.49. The third-order valence-electron chi connectivity index (χ3n) is 4.16. The van der Waals surface area contributed by atoms with E-state index in [-0.39, 0.29) is 5.91 Å². The van der Waals surface area contributed by atoms with Crippen molar-refractivity contribution >= 4 is 23.2 Å². The first-order valence-electron chi connectivity index (χ1n) is 8.49. The smallest absolute Gasteiger partial charge is 0.255 e. The summed E-state index contributed by atoms with van der Waals surface area (Å²) in [5, 5.41) is 3.55. The van der Waals surface area contributed by atoms with Gasteiger partial charge in [-0.2, -0.15) is 0 Å². The van der Waals surface area contributed by atoms with E-state index in [2.05, 4.69) is 5.32 Å². The molecule has 0 aliphatic rings. The van der Waals surface area contributed by atoms with Gasteiger partial charge in [0.25, 0.3) is 5.91 Å². The van der Waals surface area contributed by atoms with Crippen molar-refractivity contribution in [1.82, 2.24) is 0 Å². The summed E-state index contributed by atoms with van der Waals surface area (Å²) in [5.74, 6) is 0.824. The van der Waals surface area contributed by atoms with E-state index >= 15 is 0 Å². The molecule has 3 aromatic rings. The Morgan fingerprint density at radius 2 is 1.74 bits per heavy atom. The maximum Gasteiger partial charge on any atom is 0.255 e. The second-order valence-corrected chi connectivity index (χ2v) is 6.42. The molecule has 0 aliphatic carbocycles. The number of aryl methyl sites for hydroxylation is 1. The monoisotopic (exact) mass is 381 g/mol. The summed E-state index contributed by atoms with van der Waals surface area (Å²) in [6.07, 6.45) is 0. The Morgan fingerprint density at radius 1 is 1.00 bits per heavy atom. The van der Waals surface area contributed by atoms with Crippen molar-refractivity contribution in [2.24, 2.45) is 0 Å². The lowest BCUT2D eigenvalue weighted by molar-refractivity contribution is 0.102. The summed E-state index contributed by atoms with van der Waals surface area (Å²) in [6, 6.07) is 20.2. The van der Waals surface area contributed by atoms with Gasteiger partial charge in [0.05, 0.1) is 7.11 Å². The number of carbonyl (C=O) groups excluding carboxylic acids is 1. The molecule has 0 saturated heterocycles. The minimum atomic E-state index is -0.208. The van der Waals surface area contributed by atoms with Crippen LogP contribution in [0.15, 0.2) is 66.7 Å². The zero-order valence-corrected chi connectivity index (χ0v) is 15.9. The van der Waals surface area contributed by atoms with Crippen LogP contribution in [0.25, 0.3) is 0 Å². The number of hydrogen-bond acceptors (Lipinski definition) is 3. The quantitative estimate of drug-likeness (QED) is 0.614. The van der Waals surface area contributed by atoms with Gasteiger partial charge in [-0.3, -0.25) is 4.79 Å². The molecule has 0 aliphatic heterocycles. The van der Waals surface area contributed by atoms with Gasteiger partial charge in [-0.25, -0.2) is 0 Å². The molecule has 1 N–H and O–H groups in total. The van der Waals surface area contributed by atoms with Gasteiger partial charge in [0.2, 0.25) is 0 Å². The van der Waals surface area contributed by atoms with Crippen LogP contribution in [0.1, 0.15) is 21.5 Å². The van der Waals surface area contributed by atoms with E-state index in [0.717, 1.165) is 16.8 Å². The summed E-state index contributed by atoms with van der Waals surface area (Å²) < 4.78 is 11.2. The molecule has 0 unspecified atom stereocenters. The van der Waals surface area contributed by atoms with Crippen molar-refractivity contribution in [3.05, 3.63) is 88.4 Å². The molecular weight excluding hydrogens is 362 g/mol. The summed E-state index contributed by atoms with van der Waals surface area (Å²) in [4.78, 5) is 12.5. The second kappa shape index (κ2) is 8.60. The lowest BCUT2D eigenvalue weighted by Gasteiger charge is -2.13. The topological polar surface area (TPSA) is 47.6 Å². The Morgan fingerprint density at radius 3 is 2.48 bits per heavy atom. The molecule has 0 aromatic heterocycles. The number of methoxy groups -OCH3 is 1. The van der Waals surface area contributed by atoms with E-state index in [1.807, 2.05) is 55.5 Å². The van der Waals surface area contributed by atoms with E-state index in [1.165, 1.54) is 0 Å². The molecule has 138 valence electrons. The number of carbonyl (C=O) groups is 1. The summed E-state index contributed by atoms with van der Waals surface area (Å²) >= 11 is 6.16. The number of rotatable bonds is 6. The Balaban J connectivity index is 1.75. The number of anilines is 1. The number of nitrogens with one attached hydrogen (secondary N) is 1. The highest BCUT2D eigenvalue weighted by atomic mass is 35.5. The van der Waals surface area contributed by atoms with Crippen LogP contribution < -0.4 is 14.8 Å². The maximum atomic E-state index is 12.5. The lowest BCUT2D eigenvalue weighted by atomic mass is 10.1. The van der Waals surface area contributed by atoms with Crippen molar-refractivity contribution in [3.8, 4) is 11.5 Å². The van der Waals surface area contributed by atoms with Crippen LogP contribution in [0.4, 0.5) is 5.69 Å². The van der Waals surface area contributed by atoms with E-state index in [1.54, 1.807) is 25.3 Å². The van der Waals surface area contributed by atoms with Crippen LogP contribution in [-0.4, -0.2) is 13.0 Å². The lowest BCUT2D eigenvalue weighted by Crippen LogP contribution is -2.13. The summed E-state index contributed by atoms with van der Waals surface area (Å²) in [7, 11) is 1.54. The van der Waals surface area contributed by atoms with Gasteiger partial charge in [0, 0.05) is 21.8 Å². The first-order chi connectivity index (χ1) is 13.1. The van der Waals surface area contributed by atoms with Crippen molar-refractivity contribution in [1.29, 1.82) is 0 Å². The highest BCUT2D eigenvalue weighted by Gasteiger charge is 2.13. The van der Waals surface area contributed by atoms with Crippen molar-refractivity contribution in [2.45, 2.75) is 13.5 Å². The van der Waals surface area contributed by atoms with Crippen LogP contribution in [0.5, 0.6) is 11.5 Å². The van der Waals surface area contributed by atoms with E-state index in [4.69, 9.17) is 21.1 Å². The summed E-state index contributed by atoms with van der Waals surface area (Å²) in [5.41, 5.74) is 3.14. The van der Waals surface area contributed by atoms with Gasteiger partial charge in [0.1, 0.15) is 6.61 Å². The molecule has 0 heterocycles. The highest BCUT2D eigenvalue weighted by Crippen LogP contribution is 2.30. The van der Waals surface area contributed by atoms with Gasteiger partial charge < -0.3 is 14.8 Å². The number of para-hydroxylation sites is 1. The second-order valence-electron chi connectivity index (χ2n) is 6.01. The first-order valence-corrected chi connectivity index (χ1v) is 8.87. The number of hydrogen-bond donors (Lipinski definition) is 1. The average Bonchev–Trinajstić information content (AvgIpc) is 2.69. The van der Waals surface area contributed by atoms with E-state index in [0.29, 0.717) is 28.7 Å². The molecule has 0 radical (unpaired) electrons. The minimum Gasteiger partial charge on any atom is -0.493 e. The molecule has 0 fully saturated rings. The molecule has 27 heavy (non-hydrogen) atoms. The van der Waals surface area contributed by atoms with Crippen LogP contribution in [-0.2, 0) is 6.61 Å². The number of halogens is 1. The van der Waals surface area contributed by atoms with Gasteiger partial charge in [-0.15, -0.1) is 0 Å². The molecular formula is C22H20ClNO3. The van der Waals surface area contributed by atoms with Gasteiger partial charge in [0.15, 0.2) is 11.5 Å². The Hall–Kier alpha value is -2.98. The van der Waals surface area contributed by atoms with Crippen molar-refractivity contribution in [2.75, 3.05) is 12.4 Å². The number of benzene rings is 3. The summed E-state index contributed by atoms with van der Waals surface area (Å²) in [6.45, 7) is 2.26. The Kier molecular flexibility index (Phi) is 5.99. The maximum absolute atomic E-state index is 12.5. The zero-order chi connectivity index (χ0) is 19.2. The van der Waals surface area contributed by atoms with E-state index in [9.17, 15) is 4.79 Å². The molecule has 0 saturated carbocycles. The Bertz CT molecular complexity index is 956. The zero-order valence-electron chi connectivity index (χ0n) is 15.2. The molecule has 0 bridgehead atoms. The predicted molar refractivity (Wildman–Crippen MR) is 108 cm³/mol. The normalized spacial score (nSPS) is 10.3. The number of amides is 1. The van der Waals surface area contributed by atoms with Crippen LogP contribution in [0.3, 0.4) is 0 Å². The molecule has 3 aromatic carbocycles. The van der Waals surface area contributed by atoms with Crippen molar-refractivity contribution in [3.63, 3.8) is 0 Å². The minimum absolute atomic E-state index is 0.208. The van der Waals surface area contributed by atoms with Crippen LogP contribution >= 0.6 is 11.6 Å². The molecule has 0 spiro atoms. The third-order valence-corrected chi connectivity index (χ3v) is 4.53. The van der Waals surface area contributed by atoms with Gasteiger partial charge in [-0.05, 0) is 42.8 Å². The fourth-order valence-corrected chi connectivity index (χ4v) is 2.80. The van der Waals surface area contributed by atoms with Crippen LogP contribution in [0, 0.1) is 6.92 Å². The van der Waals surface area contributed by atoms with Crippen molar-refractivity contribution < 1.29 is 14.3 Å². The molecule has 3 rings (SSSR count). The molecule has 1 amide bonds. The third kappa shape index (κ3) is 4.60. The standard InChI is InChI=1S/C22H20ClNO3/c1-15-7-3-6-10-19(15)24-22(25)16-11-12-20(21(13-16)26-2)27-14-17-8-4-5-9-18(17)23/h3-13H,14H2,1-2H3,(H,24,25). The van der Waals surface area contributed by atoms with Gasteiger partial charge >= 0.3 is 0 Å². The average molecular weight is 382 g/mol. The highest BCUT2D eigenvalue weighted by molar-refractivity contribution is 6.31. The van der Waals surface area contributed by atoms with Gasteiger partial charge in [-0.1, -0.05) is 48.0 Å². The number of ether oxygens (including phenoxy) is 2. The molecule has 0 atom stereocenters. The first kappa shape index (κ1) is 18.8. The van der Waals surface area contributed by atoms with Crippen LogP contribution in [0.2, 0.25) is 5.02 Å². The van der Waals surface area contributed by atoms with E-state index < -0.39 is 0 Å². The fraction of sp³-hybridized carbons (Fsp3) is 0.136.